The van der Waals surface area contributed by atoms with Crippen LogP contribution in [0.3, 0.4) is 0 Å². The van der Waals surface area contributed by atoms with Crippen molar-refractivity contribution in [3.8, 4) is 0 Å². The number of aromatic amines is 1. The van der Waals surface area contributed by atoms with Gasteiger partial charge in [-0.1, -0.05) is 86.4 Å². The standard InChI is InChI=1S/C67H112N20O15/c1-10-37(7)54(64(100)81-43(20-14-15-25-68)58(94)79-44(21-16-26-74-67(72)73)59(95)80-45(23-24-51(70)89)57(93)76-33-52(71)90)86-61(97)47(30-40-32-75-42-19-13-12-18-41(40)42)83-62(98)49(34-88)84-65(101)55(38(8)11-2)85-60(96)46(28-35(3)4)82-56(92)39(9)77-63(99)50-22-17-27-87(50)66(102)48(29-36(5)6)78-53(91)31-69/h12-13,18-19,32,35-39,43-50,54-55,75,88H,10-11,14-17,20-31,33-34,68-69H2,1-9H3,(H2,70,89)(H2,71,90)(H,76,93)(H,77,99)(H,78,91)(H,79,94)(H,80,95)(H,81,100)(H,82,92)(H,83,98)(H,84,101)(H,85,96)(H,86,97)(H4,72,73,74)/t37-,38-,39-,43-,44-,45-,46-,47-,48-,49-,50-,54-,55-/m0/s1. The molecule has 1 fully saturated rings. The molecule has 1 aliphatic heterocycles. The summed E-state index contributed by atoms with van der Waals surface area (Å²) in [5.74, 6) is -13.0. The normalized spacial score (nSPS) is 16.3. The summed E-state index contributed by atoms with van der Waals surface area (Å²) in [6.45, 7) is 14.0. The maximum Gasteiger partial charge on any atom is 0.245 e. The largest absolute Gasteiger partial charge is 0.394 e. The number of aliphatic hydroxyl groups excluding tert-OH is 1. The van der Waals surface area contributed by atoms with Gasteiger partial charge in [0.1, 0.15) is 66.5 Å². The summed E-state index contributed by atoms with van der Waals surface area (Å²) < 4.78 is 0. The lowest BCUT2D eigenvalue weighted by Crippen LogP contribution is -2.62. The first-order chi connectivity index (χ1) is 48.2. The molecule has 570 valence electrons. The third-order valence-corrected chi connectivity index (χ3v) is 17.5. The maximum atomic E-state index is 14.9. The minimum absolute atomic E-state index is 0.000339. The molecule has 0 unspecified atom stereocenters. The Kier molecular flexibility index (Phi) is 37.4. The van der Waals surface area contributed by atoms with E-state index in [2.05, 4.69) is 68.5 Å². The molecule has 1 aromatic carbocycles. The predicted molar refractivity (Wildman–Crippen MR) is 379 cm³/mol. The summed E-state index contributed by atoms with van der Waals surface area (Å²) in [6, 6.07) is -7.64. The second kappa shape index (κ2) is 44.0. The van der Waals surface area contributed by atoms with Crippen LogP contribution >= 0.6 is 0 Å². The number of likely N-dealkylation sites (tertiary alicyclic amines) is 1. The average Bonchev–Trinajstić information content (AvgIpc) is 1.62. The van der Waals surface area contributed by atoms with Gasteiger partial charge in [0.2, 0.25) is 82.7 Å². The van der Waals surface area contributed by atoms with E-state index >= 15 is 0 Å². The lowest BCUT2D eigenvalue weighted by Gasteiger charge is -2.31. The zero-order valence-corrected chi connectivity index (χ0v) is 60.2. The van der Waals surface area contributed by atoms with E-state index < -0.39 is 174 Å². The number of nitrogens with two attached hydrogens (primary N) is 6. The fourth-order valence-corrected chi connectivity index (χ4v) is 11.4. The summed E-state index contributed by atoms with van der Waals surface area (Å²) in [6.07, 6.45) is 3.04. The molecule has 13 atom stereocenters. The van der Waals surface area contributed by atoms with Crippen LogP contribution < -0.4 is 92.9 Å². The number of para-hydroxylation sites is 1. The zero-order valence-electron chi connectivity index (χ0n) is 60.2. The Labute approximate surface area is 595 Å². The number of guanidine groups is 1. The number of amides is 14. The van der Waals surface area contributed by atoms with Crippen LogP contribution in [0.2, 0.25) is 0 Å². The number of aliphatic hydroxyl groups is 1. The van der Waals surface area contributed by atoms with E-state index in [0.29, 0.717) is 42.1 Å². The van der Waals surface area contributed by atoms with Crippen LogP contribution in [0, 0.1) is 23.7 Å². The Balaban J connectivity index is 1.94. The summed E-state index contributed by atoms with van der Waals surface area (Å²) in [4.78, 5) is 200. The first-order valence-corrected chi connectivity index (χ1v) is 35.0. The maximum absolute atomic E-state index is 14.9. The van der Waals surface area contributed by atoms with Gasteiger partial charge in [0.25, 0.3) is 0 Å². The Morgan fingerprint density at radius 1 is 0.569 bits per heavy atom. The molecule has 3 rings (SSSR count). The molecule has 0 saturated carbocycles. The molecule has 2 aromatic rings. The van der Waals surface area contributed by atoms with Gasteiger partial charge in [0.15, 0.2) is 5.96 Å². The highest BCUT2D eigenvalue weighted by Crippen LogP contribution is 2.23. The van der Waals surface area contributed by atoms with Crippen LogP contribution in [-0.2, 0) is 73.5 Å². The molecule has 14 amide bonds. The van der Waals surface area contributed by atoms with E-state index in [9.17, 15) is 72.2 Å². The van der Waals surface area contributed by atoms with E-state index in [0.717, 1.165) is 0 Å². The Morgan fingerprint density at radius 2 is 1.08 bits per heavy atom. The monoisotopic (exact) mass is 1440 g/mol. The van der Waals surface area contributed by atoms with Gasteiger partial charge >= 0.3 is 0 Å². The molecule has 25 N–H and O–H groups in total. The van der Waals surface area contributed by atoms with E-state index in [-0.39, 0.29) is 108 Å². The molecule has 0 aliphatic carbocycles. The number of unbranched alkanes of at least 4 members (excludes halogenated alkanes) is 1. The van der Waals surface area contributed by atoms with Crippen molar-refractivity contribution in [2.45, 2.75) is 219 Å². The van der Waals surface area contributed by atoms with Gasteiger partial charge in [0.05, 0.1) is 19.7 Å². The van der Waals surface area contributed by atoms with Crippen LogP contribution in [0.1, 0.15) is 151 Å². The summed E-state index contributed by atoms with van der Waals surface area (Å²) in [7, 11) is 0. The lowest BCUT2D eigenvalue weighted by atomic mass is 9.96. The van der Waals surface area contributed by atoms with Crippen molar-refractivity contribution >= 4 is 99.6 Å². The van der Waals surface area contributed by atoms with Gasteiger partial charge in [-0.2, -0.15) is 0 Å². The van der Waals surface area contributed by atoms with Crippen LogP contribution in [0.4, 0.5) is 0 Å². The van der Waals surface area contributed by atoms with Crippen LogP contribution in [0.15, 0.2) is 35.5 Å². The molecule has 0 spiro atoms. The zero-order chi connectivity index (χ0) is 76.5. The molecule has 2 heterocycles. The number of aliphatic imine (C=N–C) groups is 1. The molecular formula is C67H112N20O15. The number of benzene rings is 1. The summed E-state index contributed by atoms with van der Waals surface area (Å²) in [5, 5.41) is 40.3. The van der Waals surface area contributed by atoms with Crippen molar-refractivity contribution in [2.24, 2.45) is 63.1 Å². The van der Waals surface area contributed by atoms with Crippen LogP contribution in [0.25, 0.3) is 10.9 Å². The Hall–Kier alpha value is -9.51. The van der Waals surface area contributed by atoms with E-state index in [4.69, 9.17) is 34.4 Å². The van der Waals surface area contributed by atoms with Gasteiger partial charge in [0, 0.05) is 43.0 Å². The van der Waals surface area contributed by atoms with Gasteiger partial charge in [-0.25, -0.2) is 0 Å². The number of nitrogens with one attached hydrogen (secondary N) is 12. The highest BCUT2D eigenvalue weighted by molar-refractivity contribution is 6.00. The van der Waals surface area contributed by atoms with Crippen LogP contribution in [0.5, 0.6) is 0 Å². The molecular weight excluding hydrogens is 1320 g/mol. The minimum Gasteiger partial charge on any atom is -0.394 e. The van der Waals surface area contributed by atoms with Crippen molar-refractivity contribution in [1.29, 1.82) is 0 Å². The third kappa shape index (κ3) is 28.9. The Bertz CT molecular complexity index is 3210. The number of rotatable bonds is 46. The third-order valence-electron chi connectivity index (χ3n) is 17.5. The molecule has 1 saturated heterocycles. The highest BCUT2D eigenvalue weighted by atomic mass is 16.3. The Morgan fingerprint density at radius 3 is 1.62 bits per heavy atom. The van der Waals surface area contributed by atoms with Crippen LogP contribution in [-0.4, -0.2) is 209 Å². The molecule has 35 nitrogen and oxygen atoms in total. The van der Waals surface area contributed by atoms with Crippen molar-refractivity contribution in [3.05, 3.63) is 36.0 Å². The number of aromatic nitrogens is 1. The fourth-order valence-electron chi connectivity index (χ4n) is 11.4. The van der Waals surface area contributed by atoms with Gasteiger partial charge in [-0.3, -0.25) is 72.1 Å². The first-order valence-electron chi connectivity index (χ1n) is 35.0. The second-order valence-corrected chi connectivity index (χ2v) is 26.8. The van der Waals surface area contributed by atoms with E-state index in [1.807, 2.05) is 13.8 Å². The molecule has 1 aliphatic rings. The number of carbonyl (C=O) groups is 14. The van der Waals surface area contributed by atoms with Crippen molar-refractivity contribution in [2.75, 3.05) is 39.3 Å². The summed E-state index contributed by atoms with van der Waals surface area (Å²) >= 11 is 0. The summed E-state index contributed by atoms with van der Waals surface area (Å²) in [5.41, 5.74) is 34.2. The average molecular weight is 1440 g/mol. The van der Waals surface area contributed by atoms with E-state index in [1.54, 1.807) is 72.0 Å². The molecule has 0 bridgehead atoms. The van der Waals surface area contributed by atoms with Crippen molar-refractivity contribution < 1.29 is 72.2 Å². The SMILES string of the molecule is CC[C@H](C)[C@H](NC(=O)[C@H](CC(C)C)NC(=O)[C@H](C)NC(=O)[C@@H]1CCCN1C(=O)[C@H](CC(C)C)NC(=O)CN)C(=O)N[C@@H](CO)C(=O)N[C@@H](Cc1c[nH]c2ccccc12)C(=O)N[C@H](C(=O)N[C@@H](CCCCN)C(=O)N[C@@H](CCCN=C(N)N)C(=O)N[C@@H](CCC(N)=O)C(=O)NCC(N)=O)[C@@H](C)CC. The topological polar surface area (TPSA) is 579 Å². The second-order valence-electron chi connectivity index (χ2n) is 26.8. The minimum atomic E-state index is -1.76. The molecule has 1 aromatic heterocycles. The molecule has 35 heteroatoms. The number of hydrogen-bond donors (Lipinski definition) is 19. The number of nitrogens with zero attached hydrogens (tertiary/aromatic N) is 2. The number of fused-ring (bicyclic) bond motifs is 1. The highest BCUT2D eigenvalue weighted by Gasteiger charge is 2.41. The predicted octanol–water partition coefficient (Wildman–Crippen LogP) is -4.25. The van der Waals surface area contributed by atoms with E-state index in [1.165, 1.54) is 11.8 Å². The number of carbonyl (C=O) groups excluding carboxylic acids is 14. The first kappa shape index (κ1) is 86.7. The van der Waals surface area contributed by atoms with Gasteiger partial charge < -0.3 is 108 Å². The van der Waals surface area contributed by atoms with Gasteiger partial charge in [-0.15, -0.1) is 0 Å². The quantitative estimate of drug-likeness (QED) is 0.0170. The van der Waals surface area contributed by atoms with Crippen molar-refractivity contribution in [1.82, 2.24) is 68.4 Å². The lowest BCUT2D eigenvalue weighted by molar-refractivity contribution is -0.142. The number of primary amides is 2. The number of H-pyrrole nitrogens is 1. The van der Waals surface area contributed by atoms with Gasteiger partial charge in [-0.05, 0) is 113 Å². The molecule has 102 heavy (non-hydrogen) atoms. The number of hydrogen-bond acceptors (Lipinski definition) is 18. The van der Waals surface area contributed by atoms with Crippen molar-refractivity contribution in [3.63, 3.8) is 0 Å². The molecule has 0 radical (unpaired) electrons. The smallest absolute Gasteiger partial charge is 0.245 e. The fraction of sp³-hybridized carbons (Fsp3) is 0.657.